The van der Waals surface area contributed by atoms with Gasteiger partial charge in [-0.2, -0.15) is 0 Å². The zero-order valence-corrected chi connectivity index (χ0v) is 13.6. The summed E-state index contributed by atoms with van der Waals surface area (Å²) in [6.45, 7) is 4.84. The normalized spacial score (nSPS) is 15.0. The van der Waals surface area contributed by atoms with Gasteiger partial charge in [0.05, 0.1) is 18.6 Å². The van der Waals surface area contributed by atoms with Crippen LogP contribution >= 0.6 is 0 Å². The molecule has 1 aliphatic heterocycles. The molecule has 0 aliphatic carbocycles. The number of benzene rings is 2. The third-order valence-electron chi connectivity index (χ3n) is 4.39. The minimum absolute atomic E-state index is 0.00718. The van der Waals surface area contributed by atoms with Gasteiger partial charge in [0.15, 0.2) is 11.3 Å². The molecule has 0 bridgehead atoms. The highest BCUT2D eigenvalue weighted by Crippen LogP contribution is 2.30. The van der Waals surface area contributed by atoms with Gasteiger partial charge in [0.25, 0.3) is 0 Å². The fourth-order valence-corrected chi connectivity index (χ4v) is 3.14. The lowest BCUT2D eigenvalue weighted by molar-refractivity contribution is 0.121. The van der Waals surface area contributed by atoms with Crippen molar-refractivity contribution < 1.29 is 9.15 Å². The van der Waals surface area contributed by atoms with Gasteiger partial charge in [-0.25, -0.2) is 0 Å². The highest BCUT2D eigenvalue weighted by molar-refractivity contribution is 5.92. The highest BCUT2D eigenvalue weighted by atomic mass is 16.5. The van der Waals surface area contributed by atoms with E-state index in [-0.39, 0.29) is 5.43 Å². The predicted octanol–water partition coefficient (Wildman–Crippen LogP) is 3.61. The molecule has 2 aromatic carbocycles. The number of nitrogens with zero attached hydrogens (tertiary/aromatic N) is 1. The maximum atomic E-state index is 12.6. The summed E-state index contributed by atoms with van der Waals surface area (Å²) in [5.74, 6) is 0.621. The van der Waals surface area contributed by atoms with E-state index >= 15 is 0 Å². The first-order chi connectivity index (χ1) is 11.7. The average Bonchev–Trinajstić information content (AvgIpc) is 2.62. The molecule has 1 fully saturated rings. The zero-order valence-electron chi connectivity index (χ0n) is 13.6. The predicted molar refractivity (Wildman–Crippen MR) is 95.7 cm³/mol. The van der Waals surface area contributed by atoms with E-state index in [1.165, 1.54) is 5.56 Å². The Morgan fingerprint density at radius 3 is 2.58 bits per heavy atom. The molecule has 4 nitrogen and oxygen atoms in total. The first kappa shape index (κ1) is 15.0. The Bertz CT molecular complexity index is 939. The van der Waals surface area contributed by atoms with E-state index in [4.69, 9.17) is 9.15 Å². The van der Waals surface area contributed by atoms with Gasteiger partial charge in [0, 0.05) is 24.7 Å². The topological polar surface area (TPSA) is 42.7 Å². The molecule has 1 aliphatic rings. The molecular formula is C20H19NO3. The molecule has 4 heteroatoms. The number of rotatable bonds is 2. The molecule has 122 valence electrons. The van der Waals surface area contributed by atoms with Crippen molar-refractivity contribution in [2.24, 2.45) is 0 Å². The van der Waals surface area contributed by atoms with Gasteiger partial charge >= 0.3 is 0 Å². The molecule has 1 aromatic heterocycles. The van der Waals surface area contributed by atoms with Crippen LogP contribution in [-0.4, -0.2) is 26.3 Å². The molecule has 24 heavy (non-hydrogen) atoms. The van der Waals surface area contributed by atoms with Crippen molar-refractivity contribution in [3.8, 4) is 11.1 Å². The molecule has 0 N–H and O–H groups in total. The molecule has 0 amide bonds. The fourth-order valence-electron chi connectivity index (χ4n) is 3.14. The van der Waals surface area contributed by atoms with Gasteiger partial charge in [-0.1, -0.05) is 42.0 Å². The standard InChI is InChI=1S/C20H19NO3/c1-14-4-2-5-15(12-14)16-6-3-7-17-18(22)13-19(24-20(16)17)21-8-10-23-11-9-21/h2-7,12-13H,8-11H2,1H3. The molecule has 2 heterocycles. The Morgan fingerprint density at radius 2 is 1.79 bits per heavy atom. The number of aryl methyl sites for hydroxylation is 1. The van der Waals surface area contributed by atoms with E-state index in [1.807, 2.05) is 30.3 Å². The van der Waals surface area contributed by atoms with E-state index in [9.17, 15) is 4.79 Å². The Balaban J connectivity index is 1.91. The van der Waals surface area contributed by atoms with Crippen LogP contribution in [0.1, 0.15) is 5.56 Å². The summed E-state index contributed by atoms with van der Waals surface area (Å²) in [7, 11) is 0. The molecule has 4 rings (SSSR count). The van der Waals surface area contributed by atoms with Crippen molar-refractivity contribution in [2.75, 3.05) is 31.2 Å². The lowest BCUT2D eigenvalue weighted by Gasteiger charge is -2.27. The number of fused-ring (bicyclic) bond motifs is 1. The summed E-state index contributed by atoms with van der Waals surface area (Å²) in [6, 6.07) is 15.6. The highest BCUT2D eigenvalue weighted by Gasteiger charge is 2.17. The van der Waals surface area contributed by atoms with Crippen LogP contribution in [0.3, 0.4) is 0 Å². The molecule has 0 unspecified atom stereocenters. The van der Waals surface area contributed by atoms with Crippen LogP contribution in [-0.2, 0) is 4.74 Å². The molecule has 3 aromatic rings. The Hall–Kier alpha value is -2.59. The van der Waals surface area contributed by atoms with E-state index in [2.05, 4.69) is 24.0 Å². The quantitative estimate of drug-likeness (QED) is 0.723. The summed E-state index contributed by atoms with van der Waals surface area (Å²) in [5, 5.41) is 0.617. The number of para-hydroxylation sites is 1. The van der Waals surface area contributed by atoms with Gasteiger partial charge in [-0.3, -0.25) is 4.79 Å². The second-order valence-corrected chi connectivity index (χ2v) is 6.10. The smallest absolute Gasteiger partial charge is 0.200 e. The van der Waals surface area contributed by atoms with E-state index in [1.54, 1.807) is 6.07 Å². The monoisotopic (exact) mass is 321 g/mol. The average molecular weight is 321 g/mol. The molecule has 0 spiro atoms. The Labute approximate surface area is 140 Å². The van der Waals surface area contributed by atoms with Gasteiger partial charge in [-0.05, 0) is 18.6 Å². The van der Waals surface area contributed by atoms with Crippen molar-refractivity contribution in [1.29, 1.82) is 0 Å². The van der Waals surface area contributed by atoms with Crippen LogP contribution in [0, 0.1) is 6.92 Å². The summed E-state index contributed by atoms with van der Waals surface area (Å²) < 4.78 is 11.6. The van der Waals surface area contributed by atoms with Crippen LogP contribution in [0.5, 0.6) is 0 Å². The number of morpholine rings is 1. The Morgan fingerprint density at radius 1 is 1.00 bits per heavy atom. The van der Waals surface area contributed by atoms with Crippen LogP contribution in [0.4, 0.5) is 5.88 Å². The summed E-state index contributed by atoms with van der Waals surface area (Å²) >= 11 is 0. The maximum absolute atomic E-state index is 12.6. The van der Waals surface area contributed by atoms with Crippen LogP contribution in [0.15, 0.2) is 57.7 Å². The molecule has 1 saturated heterocycles. The van der Waals surface area contributed by atoms with Crippen LogP contribution in [0.2, 0.25) is 0 Å². The molecule has 0 saturated carbocycles. The van der Waals surface area contributed by atoms with Gasteiger partial charge < -0.3 is 14.1 Å². The lowest BCUT2D eigenvalue weighted by Crippen LogP contribution is -2.36. The van der Waals surface area contributed by atoms with Crippen molar-refractivity contribution in [2.45, 2.75) is 6.92 Å². The van der Waals surface area contributed by atoms with Gasteiger partial charge in [0.2, 0.25) is 0 Å². The summed E-state index contributed by atoms with van der Waals surface area (Å²) in [6.07, 6.45) is 0. The fraction of sp³-hybridized carbons (Fsp3) is 0.250. The van der Waals surface area contributed by atoms with E-state index in [0.29, 0.717) is 30.1 Å². The van der Waals surface area contributed by atoms with Crippen molar-refractivity contribution in [3.63, 3.8) is 0 Å². The van der Waals surface area contributed by atoms with Crippen LogP contribution in [0.25, 0.3) is 22.1 Å². The molecule has 0 atom stereocenters. The van der Waals surface area contributed by atoms with Crippen molar-refractivity contribution in [3.05, 3.63) is 64.3 Å². The van der Waals surface area contributed by atoms with Crippen molar-refractivity contribution in [1.82, 2.24) is 0 Å². The van der Waals surface area contributed by atoms with E-state index in [0.717, 1.165) is 24.2 Å². The number of hydrogen-bond acceptors (Lipinski definition) is 4. The lowest BCUT2D eigenvalue weighted by atomic mass is 10.0. The first-order valence-corrected chi connectivity index (χ1v) is 8.19. The van der Waals surface area contributed by atoms with E-state index < -0.39 is 0 Å². The third-order valence-corrected chi connectivity index (χ3v) is 4.39. The largest absolute Gasteiger partial charge is 0.440 e. The van der Waals surface area contributed by atoms with Gasteiger partial charge in [-0.15, -0.1) is 0 Å². The number of hydrogen-bond donors (Lipinski definition) is 0. The molecule has 0 radical (unpaired) electrons. The second-order valence-electron chi connectivity index (χ2n) is 6.10. The maximum Gasteiger partial charge on any atom is 0.200 e. The zero-order chi connectivity index (χ0) is 16.5. The third kappa shape index (κ3) is 2.69. The van der Waals surface area contributed by atoms with Crippen LogP contribution < -0.4 is 10.3 Å². The number of ether oxygens (including phenoxy) is 1. The Kier molecular flexibility index (Phi) is 3.82. The number of anilines is 1. The van der Waals surface area contributed by atoms with Gasteiger partial charge in [0.1, 0.15) is 5.58 Å². The minimum atomic E-state index is -0.00718. The second kappa shape index (κ2) is 6.13. The minimum Gasteiger partial charge on any atom is -0.440 e. The first-order valence-electron chi connectivity index (χ1n) is 8.19. The van der Waals surface area contributed by atoms with Crippen molar-refractivity contribution >= 4 is 16.9 Å². The summed E-state index contributed by atoms with van der Waals surface area (Å²) in [5.41, 5.74) is 3.83. The SMILES string of the molecule is Cc1cccc(-c2cccc3c(=O)cc(N4CCOCC4)oc23)c1. The molecular weight excluding hydrogens is 302 g/mol. The summed E-state index contributed by atoms with van der Waals surface area (Å²) in [4.78, 5) is 14.6.